The monoisotopic (exact) mass is 301 g/mol. The van der Waals surface area contributed by atoms with Crippen molar-refractivity contribution in [2.45, 2.75) is 13.0 Å². The van der Waals surface area contributed by atoms with Crippen molar-refractivity contribution in [1.82, 2.24) is 10.6 Å². The van der Waals surface area contributed by atoms with Crippen LogP contribution in [0.2, 0.25) is 0 Å². The molecule has 1 aromatic carbocycles. The van der Waals surface area contributed by atoms with E-state index >= 15 is 0 Å². The molecule has 2 heterocycles. The SMILES string of the molecule is CN=C(NCCc1ccco1)NCc1ccc2c(c1)OCO2. The second-order valence-corrected chi connectivity index (χ2v) is 4.87. The summed E-state index contributed by atoms with van der Waals surface area (Å²) in [5, 5.41) is 6.52. The normalized spacial score (nSPS) is 13.2. The third-order valence-corrected chi connectivity index (χ3v) is 3.36. The number of aliphatic imine (C=N–C) groups is 1. The van der Waals surface area contributed by atoms with Crippen LogP contribution >= 0.6 is 0 Å². The van der Waals surface area contributed by atoms with Gasteiger partial charge in [-0.2, -0.15) is 0 Å². The molecule has 6 heteroatoms. The highest BCUT2D eigenvalue weighted by atomic mass is 16.7. The third kappa shape index (κ3) is 3.52. The summed E-state index contributed by atoms with van der Waals surface area (Å²) in [5.74, 6) is 3.30. The van der Waals surface area contributed by atoms with Gasteiger partial charge in [0, 0.05) is 26.6 Å². The van der Waals surface area contributed by atoms with Crippen LogP contribution in [0.3, 0.4) is 0 Å². The first-order chi connectivity index (χ1) is 10.8. The van der Waals surface area contributed by atoms with Crippen LogP contribution in [0.5, 0.6) is 11.5 Å². The Balaban J connectivity index is 1.46. The fraction of sp³-hybridized carbons (Fsp3) is 0.312. The van der Waals surface area contributed by atoms with E-state index in [4.69, 9.17) is 13.9 Å². The topological polar surface area (TPSA) is 68.0 Å². The molecule has 0 fully saturated rings. The summed E-state index contributed by atoms with van der Waals surface area (Å²) < 4.78 is 16.0. The molecular formula is C16H19N3O3. The maximum Gasteiger partial charge on any atom is 0.231 e. The summed E-state index contributed by atoms with van der Waals surface area (Å²) in [4.78, 5) is 4.20. The van der Waals surface area contributed by atoms with Gasteiger partial charge in [-0.25, -0.2) is 0 Å². The second kappa shape index (κ2) is 6.89. The van der Waals surface area contributed by atoms with Gasteiger partial charge in [0.15, 0.2) is 17.5 Å². The zero-order valence-electron chi connectivity index (χ0n) is 12.5. The number of fused-ring (bicyclic) bond motifs is 1. The zero-order valence-corrected chi connectivity index (χ0v) is 12.5. The van der Waals surface area contributed by atoms with Gasteiger partial charge in [-0.1, -0.05) is 6.07 Å². The number of nitrogens with one attached hydrogen (secondary N) is 2. The van der Waals surface area contributed by atoms with Gasteiger partial charge in [0.05, 0.1) is 6.26 Å². The molecule has 0 bridgehead atoms. The summed E-state index contributed by atoms with van der Waals surface area (Å²) in [6, 6.07) is 9.76. The van der Waals surface area contributed by atoms with Crippen molar-refractivity contribution in [2.24, 2.45) is 4.99 Å². The van der Waals surface area contributed by atoms with Crippen molar-refractivity contribution in [3.63, 3.8) is 0 Å². The summed E-state index contributed by atoms with van der Waals surface area (Å²) in [7, 11) is 1.75. The molecule has 2 N–H and O–H groups in total. The molecule has 0 spiro atoms. The third-order valence-electron chi connectivity index (χ3n) is 3.36. The van der Waals surface area contributed by atoms with E-state index in [1.54, 1.807) is 13.3 Å². The van der Waals surface area contributed by atoms with Crippen molar-refractivity contribution in [2.75, 3.05) is 20.4 Å². The van der Waals surface area contributed by atoms with E-state index in [9.17, 15) is 0 Å². The Kier molecular flexibility index (Phi) is 4.48. The molecule has 0 radical (unpaired) electrons. The lowest BCUT2D eigenvalue weighted by atomic mass is 10.2. The van der Waals surface area contributed by atoms with E-state index in [0.29, 0.717) is 13.3 Å². The highest BCUT2D eigenvalue weighted by Gasteiger charge is 2.13. The molecule has 1 aliphatic rings. The molecular weight excluding hydrogens is 282 g/mol. The van der Waals surface area contributed by atoms with Crippen molar-refractivity contribution in [1.29, 1.82) is 0 Å². The van der Waals surface area contributed by atoms with E-state index in [2.05, 4.69) is 15.6 Å². The fourth-order valence-electron chi connectivity index (χ4n) is 2.22. The molecule has 0 amide bonds. The Morgan fingerprint density at radius 1 is 1.18 bits per heavy atom. The maximum atomic E-state index is 5.37. The maximum absolute atomic E-state index is 5.37. The Hall–Kier alpha value is -2.63. The molecule has 0 saturated heterocycles. The number of hydrogen-bond donors (Lipinski definition) is 2. The highest BCUT2D eigenvalue weighted by Crippen LogP contribution is 2.32. The van der Waals surface area contributed by atoms with Crippen molar-refractivity contribution in [3.8, 4) is 11.5 Å². The van der Waals surface area contributed by atoms with Crippen LogP contribution < -0.4 is 20.1 Å². The molecule has 3 rings (SSSR count). The standard InChI is InChI=1S/C16H19N3O3/c1-17-16(18-7-6-13-3-2-8-20-13)19-10-12-4-5-14-15(9-12)22-11-21-14/h2-5,8-9H,6-7,10-11H2,1H3,(H2,17,18,19). The number of furan rings is 1. The molecule has 116 valence electrons. The fourth-order valence-corrected chi connectivity index (χ4v) is 2.22. The van der Waals surface area contributed by atoms with Crippen LogP contribution in [0.25, 0.3) is 0 Å². The summed E-state index contributed by atoms with van der Waals surface area (Å²) in [5.41, 5.74) is 1.11. The molecule has 0 saturated carbocycles. The minimum absolute atomic E-state index is 0.294. The van der Waals surface area contributed by atoms with E-state index in [-0.39, 0.29) is 0 Å². The van der Waals surface area contributed by atoms with Crippen LogP contribution in [-0.2, 0) is 13.0 Å². The largest absolute Gasteiger partial charge is 0.469 e. The molecule has 0 atom stereocenters. The Morgan fingerprint density at radius 3 is 2.91 bits per heavy atom. The van der Waals surface area contributed by atoms with Gasteiger partial charge in [0.25, 0.3) is 0 Å². The van der Waals surface area contributed by atoms with Crippen molar-refractivity contribution < 1.29 is 13.9 Å². The Labute approximate surface area is 129 Å². The van der Waals surface area contributed by atoms with E-state index in [0.717, 1.165) is 41.7 Å². The molecule has 6 nitrogen and oxygen atoms in total. The van der Waals surface area contributed by atoms with Crippen molar-refractivity contribution in [3.05, 3.63) is 47.9 Å². The predicted octanol–water partition coefficient (Wildman–Crippen LogP) is 1.92. The Bertz CT molecular complexity index is 638. The quantitative estimate of drug-likeness (QED) is 0.652. The smallest absolute Gasteiger partial charge is 0.231 e. The number of nitrogens with zero attached hydrogens (tertiary/aromatic N) is 1. The molecule has 0 aliphatic carbocycles. The van der Waals surface area contributed by atoms with Gasteiger partial charge in [-0.15, -0.1) is 0 Å². The number of ether oxygens (including phenoxy) is 2. The minimum atomic E-state index is 0.294. The molecule has 22 heavy (non-hydrogen) atoms. The minimum Gasteiger partial charge on any atom is -0.469 e. The first-order valence-corrected chi connectivity index (χ1v) is 7.20. The number of guanidine groups is 1. The molecule has 0 unspecified atom stereocenters. The zero-order chi connectivity index (χ0) is 15.2. The van der Waals surface area contributed by atoms with Crippen molar-refractivity contribution >= 4 is 5.96 Å². The lowest BCUT2D eigenvalue weighted by Gasteiger charge is -2.11. The Morgan fingerprint density at radius 2 is 2.09 bits per heavy atom. The molecule has 2 aromatic rings. The van der Waals surface area contributed by atoms with Gasteiger partial charge >= 0.3 is 0 Å². The van der Waals surface area contributed by atoms with Gasteiger partial charge in [0.2, 0.25) is 6.79 Å². The second-order valence-electron chi connectivity index (χ2n) is 4.87. The summed E-state index contributed by atoms with van der Waals surface area (Å²) in [6.07, 6.45) is 2.50. The van der Waals surface area contributed by atoms with E-state index in [1.807, 2.05) is 30.3 Å². The van der Waals surface area contributed by atoms with E-state index < -0.39 is 0 Å². The van der Waals surface area contributed by atoms with Crippen LogP contribution in [-0.4, -0.2) is 26.3 Å². The average Bonchev–Trinajstić information content (AvgIpc) is 3.21. The average molecular weight is 301 g/mol. The van der Waals surface area contributed by atoms with Crippen LogP contribution in [0.15, 0.2) is 46.0 Å². The predicted molar refractivity (Wildman–Crippen MR) is 83.2 cm³/mol. The highest BCUT2D eigenvalue weighted by molar-refractivity contribution is 5.79. The van der Waals surface area contributed by atoms with Gasteiger partial charge in [0.1, 0.15) is 5.76 Å². The molecule has 1 aromatic heterocycles. The lowest BCUT2D eigenvalue weighted by Crippen LogP contribution is -2.37. The van der Waals surface area contributed by atoms with Crippen LogP contribution in [0.1, 0.15) is 11.3 Å². The number of hydrogen-bond acceptors (Lipinski definition) is 4. The van der Waals surface area contributed by atoms with E-state index in [1.165, 1.54) is 0 Å². The number of rotatable bonds is 5. The lowest BCUT2D eigenvalue weighted by molar-refractivity contribution is 0.174. The van der Waals surface area contributed by atoms with Gasteiger partial charge < -0.3 is 24.5 Å². The summed E-state index contributed by atoms with van der Waals surface area (Å²) in [6.45, 7) is 1.72. The van der Waals surface area contributed by atoms with Gasteiger partial charge in [-0.3, -0.25) is 4.99 Å². The molecule has 1 aliphatic heterocycles. The first kappa shape index (κ1) is 14.3. The first-order valence-electron chi connectivity index (χ1n) is 7.20. The van der Waals surface area contributed by atoms with Crippen LogP contribution in [0.4, 0.5) is 0 Å². The number of benzene rings is 1. The summed E-state index contributed by atoms with van der Waals surface area (Å²) >= 11 is 0. The van der Waals surface area contributed by atoms with Gasteiger partial charge in [-0.05, 0) is 29.8 Å². The van der Waals surface area contributed by atoms with Crippen LogP contribution in [0, 0.1) is 0 Å².